The van der Waals surface area contributed by atoms with Gasteiger partial charge >= 0.3 is 5.97 Å². The number of nitrogens with zero attached hydrogens (tertiary/aromatic N) is 1. The maximum atomic E-state index is 11.4. The highest BCUT2D eigenvalue weighted by atomic mass is 16.5. The van der Waals surface area contributed by atoms with E-state index in [1.807, 2.05) is 0 Å². The fourth-order valence-electron chi connectivity index (χ4n) is 5.15. The Labute approximate surface area is 116 Å². The largest absolute Gasteiger partial charge is 0.462 e. The molecule has 0 aromatic rings. The smallest absolute Gasteiger partial charge is 0.302 e. The Morgan fingerprint density at radius 3 is 2.47 bits per heavy atom. The van der Waals surface area contributed by atoms with Crippen LogP contribution in [0.15, 0.2) is 0 Å². The van der Waals surface area contributed by atoms with E-state index in [1.165, 1.54) is 62.5 Å². The van der Waals surface area contributed by atoms with Crippen LogP contribution in [0.25, 0.3) is 0 Å². The van der Waals surface area contributed by atoms with E-state index in [-0.39, 0.29) is 12.1 Å². The standard InChI is InChI=1S/C16H28NO2/c1-12(18)19-16-13-6-5-7-14(16)15(9-8-13)17(2)10-3-4-11-17/h13-16H,3-11H2,1-2H3/q+1/t13-,14-,15-,16-/m1/s1. The molecule has 0 radical (unpaired) electrons. The summed E-state index contributed by atoms with van der Waals surface area (Å²) >= 11 is 0. The van der Waals surface area contributed by atoms with Crippen LogP contribution in [0.5, 0.6) is 0 Å². The Hall–Kier alpha value is -0.570. The number of fused-ring (bicyclic) bond motifs is 2. The topological polar surface area (TPSA) is 26.3 Å². The molecule has 1 heterocycles. The first kappa shape index (κ1) is 13.4. The second-order valence-corrected chi connectivity index (χ2v) is 7.21. The van der Waals surface area contributed by atoms with Gasteiger partial charge < -0.3 is 9.22 Å². The average molecular weight is 266 g/mol. The molecule has 0 aromatic heterocycles. The molecule has 3 heteroatoms. The lowest BCUT2D eigenvalue weighted by Gasteiger charge is -2.51. The zero-order chi connectivity index (χ0) is 13.5. The zero-order valence-corrected chi connectivity index (χ0v) is 12.4. The van der Waals surface area contributed by atoms with Crippen LogP contribution in [0, 0.1) is 11.8 Å². The van der Waals surface area contributed by atoms with Crippen LogP contribution < -0.4 is 0 Å². The van der Waals surface area contributed by atoms with E-state index in [0.29, 0.717) is 11.8 Å². The second kappa shape index (κ2) is 5.08. The van der Waals surface area contributed by atoms with Crippen molar-refractivity contribution in [2.24, 2.45) is 11.8 Å². The molecule has 0 unspecified atom stereocenters. The second-order valence-electron chi connectivity index (χ2n) is 7.21. The third-order valence-electron chi connectivity index (χ3n) is 6.02. The molecule has 19 heavy (non-hydrogen) atoms. The molecule has 3 aliphatic rings. The van der Waals surface area contributed by atoms with Crippen LogP contribution in [-0.4, -0.2) is 42.7 Å². The number of rotatable bonds is 2. The number of likely N-dealkylation sites (tertiary alicyclic amines) is 1. The minimum Gasteiger partial charge on any atom is -0.462 e. The van der Waals surface area contributed by atoms with E-state index in [9.17, 15) is 4.79 Å². The van der Waals surface area contributed by atoms with Crippen LogP contribution in [0.3, 0.4) is 0 Å². The van der Waals surface area contributed by atoms with Crippen molar-refractivity contribution in [1.29, 1.82) is 0 Å². The summed E-state index contributed by atoms with van der Waals surface area (Å²) in [4.78, 5) is 11.4. The van der Waals surface area contributed by atoms with Crippen LogP contribution >= 0.6 is 0 Å². The highest BCUT2D eigenvalue weighted by molar-refractivity contribution is 5.66. The van der Waals surface area contributed by atoms with Gasteiger partial charge in [-0.2, -0.15) is 0 Å². The average Bonchev–Trinajstić information content (AvgIpc) is 2.76. The third kappa shape index (κ3) is 2.42. The number of hydrogen-bond acceptors (Lipinski definition) is 2. The quantitative estimate of drug-likeness (QED) is 0.567. The fourth-order valence-corrected chi connectivity index (χ4v) is 5.15. The molecule has 3 rings (SSSR count). The van der Waals surface area contributed by atoms with Gasteiger partial charge in [-0.15, -0.1) is 0 Å². The van der Waals surface area contributed by atoms with E-state index < -0.39 is 0 Å². The zero-order valence-electron chi connectivity index (χ0n) is 12.4. The van der Waals surface area contributed by atoms with Gasteiger partial charge in [-0.05, 0) is 25.2 Å². The Bertz CT molecular complexity index is 349. The Morgan fingerprint density at radius 1 is 1.05 bits per heavy atom. The predicted octanol–water partition coefficient (Wildman–Crippen LogP) is 2.74. The van der Waals surface area contributed by atoms with Crippen LogP contribution in [0.2, 0.25) is 0 Å². The molecule has 1 saturated heterocycles. The number of quaternary nitrogens is 1. The first-order chi connectivity index (χ1) is 9.10. The molecule has 2 saturated carbocycles. The summed E-state index contributed by atoms with van der Waals surface area (Å²) in [6, 6.07) is 0.739. The number of ether oxygens (including phenoxy) is 1. The summed E-state index contributed by atoms with van der Waals surface area (Å²) in [6.45, 7) is 4.24. The lowest BCUT2D eigenvalue weighted by molar-refractivity contribution is -0.928. The van der Waals surface area contributed by atoms with Crippen molar-refractivity contribution >= 4 is 5.97 Å². The summed E-state index contributed by atoms with van der Waals surface area (Å²) in [5.41, 5.74) is 0. The number of hydrogen-bond donors (Lipinski definition) is 0. The van der Waals surface area contributed by atoms with Crippen molar-refractivity contribution in [2.75, 3.05) is 20.1 Å². The van der Waals surface area contributed by atoms with Gasteiger partial charge in [0.1, 0.15) is 6.10 Å². The molecule has 108 valence electrons. The van der Waals surface area contributed by atoms with E-state index in [2.05, 4.69) is 7.05 Å². The van der Waals surface area contributed by atoms with Gasteiger partial charge in [0, 0.05) is 32.1 Å². The van der Waals surface area contributed by atoms with Crippen molar-refractivity contribution in [1.82, 2.24) is 0 Å². The van der Waals surface area contributed by atoms with E-state index in [0.717, 1.165) is 6.04 Å². The van der Waals surface area contributed by atoms with E-state index in [1.54, 1.807) is 6.92 Å². The van der Waals surface area contributed by atoms with Gasteiger partial charge in [0.25, 0.3) is 0 Å². The molecular weight excluding hydrogens is 238 g/mol. The molecule has 2 bridgehead atoms. The summed E-state index contributed by atoms with van der Waals surface area (Å²) in [5.74, 6) is 1.19. The van der Waals surface area contributed by atoms with E-state index >= 15 is 0 Å². The van der Waals surface area contributed by atoms with Crippen LogP contribution in [-0.2, 0) is 9.53 Å². The van der Waals surface area contributed by atoms with Crippen molar-refractivity contribution in [3.63, 3.8) is 0 Å². The summed E-state index contributed by atoms with van der Waals surface area (Å²) in [6.07, 6.45) is 9.47. The van der Waals surface area contributed by atoms with Crippen molar-refractivity contribution in [2.45, 2.75) is 64.0 Å². The molecule has 0 spiro atoms. The number of carbonyl (C=O) groups is 1. The minimum atomic E-state index is -0.0772. The molecular formula is C16H28NO2+. The molecule has 3 fully saturated rings. The van der Waals surface area contributed by atoms with Crippen LogP contribution in [0.4, 0.5) is 0 Å². The number of esters is 1. The monoisotopic (exact) mass is 266 g/mol. The molecule has 0 aromatic carbocycles. The maximum absolute atomic E-state index is 11.4. The van der Waals surface area contributed by atoms with Gasteiger partial charge in [0.05, 0.1) is 26.2 Å². The third-order valence-corrected chi connectivity index (χ3v) is 6.02. The fraction of sp³-hybridized carbons (Fsp3) is 0.938. The summed E-state index contributed by atoms with van der Waals surface area (Å²) in [7, 11) is 2.44. The van der Waals surface area contributed by atoms with Crippen molar-refractivity contribution < 1.29 is 14.0 Å². The van der Waals surface area contributed by atoms with Gasteiger partial charge in [-0.1, -0.05) is 6.42 Å². The Morgan fingerprint density at radius 2 is 1.79 bits per heavy atom. The highest BCUT2D eigenvalue weighted by Crippen LogP contribution is 2.46. The molecule has 0 N–H and O–H groups in total. The molecule has 1 aliphatic heterocycles. The van der Waals surface area contributed by atoms with Gasteiger partial charge in [-0.3, -0.25) is 4.79 Å². The number of carbonyl (C=O) groups excluding carboxylic acids is 1. The lowest BCUT2D eigenvalue weighted by atomic mass is 9.66. The maximum Gasteiger partial charge on any atom is 0.302 e. The Balaban J connectivity index is 1.80. The summed E-state index contributed by atoms with van der Waals surface area (Å²) in [5, 5.41) is 0. The molecule has 2 aliphatic carbocycles. The van der Waals surface area contributed by atoms with E-state index in [4.69, 9.17) is 4.74 Å². The molecule has 3 nitrogen and oxygen atoms in total. The normalized spacial score (nSPS) is 40.9. The van der Waals surface area contributed by atoms with Crippen LogP contribution in [0.1, 0.15) is 51.9 Å². The van der Waals surface area contributed by atoms with Crippen molar-refractivity contribution in [3.05, 3.63) is 0 Å². The van der Waals surface area contributed by atoms with Gasteiger partial charge in [-0.25, -0.2) is 0 Å². The van der Waals surface area contributed by atoms with Gasteiger partial charge in [0.2, 0.25) is 0 Å². The first-order valence-electron chi connectivity index (χ1n) is 8.11. The SMILES string of the molecule is CC(=O)O[C@@H]1[C@@H]2CCC[C@@H]1[C@H]([N+]1(C)CCCC1)CC2. The highest BCUT2D eigenvalue weighted by Gasteiger charge is 2.51. The van der Waals surface area contributed by atoms with Gasteiger partial charge in [0.15, 0.2) is 0 Å². The minimum absolute atomic E-state index is 0.0772. The first-order valence-corrected chi connectivity index (χ1v) is 8.11. The molecule has 0 amide bonds. The molecule has 4 atom stereocenters. The predicted molar refractivity (Wildman–Crippen MR) is 74.6 cm³/mol. The van der Waals surface area contributed by atoms with Crippen molar-refractivity contribution in [3.8, 4) is 0 Å². The Kier molecular flexibility index (Phi) is 3.59. The lowest BCUT2D eigenvalue weighted by Crippen LogP contribution is -2.60. The summed E-state index contributed by atoms with van der Waals surface area (Å²) < 4.78 is 6.99.